The first-order valence-electron chi connectivity index (χ1n) is 15.4. The molecule has 1 aliphatic rings. The molecule has 3 aromatic carbocycles. The van der Waals surface area contributed by atoms with Crippen molar-refractivity contribution in [2.45, 2.75) is 64.8 Å². The Hall–Kier alpha value is -4.39. The van der Waals surface area contributed by atoms with Gasteiger partial charge in [-0.25, -0.2) is 18.9 Å². The van der Waals surface area contributed by atoms with Gasteiger partial charge in [-0.2, -0.15) is 4.99 Å². The van der Waals surface area contributed by atoms with Gasteiger partial charge in [0, 0.05) is 29.6 Å². The fourth-order valence-electron chi connectivity index (χ4n) is 5.26. The number of hydrogen-bond donors (Lipinski definition) is 1. The van der Waals surface area contributed by atoms with E-state index in [9.17, 15) is 22.4 Å². The van der Waals surface area contributed by atoms with Crippen LogP contribution in [0.2, 0.25) is 0 Å². The van der Waals surface area contributed by atoms with Crippen molar-refractivity contribution in [1.82, 2.24) is 20.1 Å². The van der Waals surface area contributed by atoms with Crippen molar-refractivity contribution >= 4 is 28.6 Å². The minimum atomic E-state index is -4.75. The summed E-state index contributed by atoms with van der Waals surface area (Å²) in [5.74, 6) is 0.890. The molecular weight excluding hydrogens is 632 g/mol. The molecule has 0 saturated carbocycles. The third-order valence-corrected chi connectivity index (χ3v) is 8.66. The minimum absolute atomic E-state index is 0.0764. The fraction of sp³-hybridized carbons (Fsp3) is 0.353. The number of carbonyl (C=O) groups excluding carboxylic acids is 1. The van der Waals surface area contributed by atoms with Gasteiger partial charge in [-0.15, -0.1) is 18.3 Å². The number of nitrogens with one attached hydrogen (secondary N) is 1. The SMILES string of the molecule is CC(CCCc1ccc(-c2ncn(-c3ccc(OC(F)(F)F)cc3)n2)cc1)NC(=O)/N=C1\SCCCN1c1ccc(F)cc1C(C)C. The van der Waals surface area contributed by atoms with Gasteiger partial charge in [0.15, 0.2) is 11.0 Å². The van der Waals surface area contributed by atoms with Crippen LogP contribution in [-0.2, 0) is 6.42 Å². The topological polar surface area (TPSA) is 84.6 Å². The second-order valence-corrected chi connectivity index (χ2v) is 12.7. The Morgan fingerprint density at radius 3 is 2.51 bits per heavy atom. The number of anilines is 1. The first-order chi connectivity index (χ1) is 22.4. The standard InChI is InChI=1S/C34H36F4N6O2S/c1-22(2)29-20-26(35)12-17-30(29)43-18-5-19-47-33(43)41-32(45)40-23(3)6-4-7-24-8-10-25(11-9-24)31-39-21-44(42-31)27-13-15-28(16-14-27)46-34(36,37)38/h8-17,20-23H,4-7,18-19H2,1-3H3,(H,40,45)/b41-33-. The smallest absolute Gasteiger partial charge is 0.406 e. The maximum atomic E-state index is 14.0. The van der Waals surface area contributed by atoms with Crippen molar-refractivity contribution in [2.75, 3.05) is 17.2 Å². The second kappa shape index (κ2) is 15.0. The molecule has 2 amide bonds. The summed E-state index contributed by atoms with van der Waals surface area (Å²) < 4.78 is 56.6. The lowest BCUT2D eigenvalue weighted by Gasteiger charge is -2.32. The van der Waals surface area contributed by atoms with Gasteiger partial charge >= 0.3 is 12.4 Å². The van der Waals surface area contributed by atoms with Gasteiger partial charge in [0.25, 0.3) is 0 Å². The Morgan fingerprint density at radius 2 is 1.81 bits per heavy atom. The first-order valence-corrected chi connectivity index (χ1v) is 16.4. The molecule has 1 unspecified atom stereocenters. The Kier molecular flexibility index (Phi) is 10.8. The van der Waals surface area contributed by atoms with Gasteiger partial charge in [-0.05, 0) is 92.1 Å². The van der Waals surface area contributed by atoms with Gasteiger partial charge in [0.2, 0.25) is 0 Å². The molecule has 1 aromatic heterocycles. The Morgan fingerprint density at radius 1 is 1.06 bits per heavy atom. The summed E-state index contributed by atoms with van der Waals surface area (Å²) in [5, 5.41) is 8.06. The van der Waals surface area contributed by atoms with E-state index in [2.05, 4.69) is 25.1 Å². The van der Waals surface area contributed by atoms with Crippen LogP contribution in [0.4, 0.5) is 28.0 Å². The van der Waals surface area contributed by atoms with Crippen molar-refractivity contribution in [2.24, 2.45) is 4.99 Å². The van der Waals surface area contributed by atoms with E-state index in [0.29, 0.717) is 16.7 Å². The maximum Gasteiger partial charge on any atom is 0.573 e. The largest absolute Gasteiger partial charge is 0.573 e. The highest BCUT2D eigenvalue weighted by Crippen LogP contribution is 2.33. The van der Waals surface area contributed by atoms with Crippen LogP contribution in [0.15, 0.2) is 78.0 Å². The van der Waals surface area contributed by atoms with Crippen LogP contribution in [0.5, 0.6) is 5.75 Å². The van der Waals surface area contributed by atoms with Crippen molar-refractivity contribution in [3.05, 3.63) is 90.0 Å². The van der Waals surface area contributed by atoms with Crippen molar-refractivity contribution in [1.29, 1.82) is 0 Å². The number of thioether (sulfide) groups is 1. The number of amides is 2. The van der Waals surface area contributed by atoms with E-state index >= 15 is 0 Å². The summed E-state index contributed by atoms with van der Waals surface area (Å²) in [6, 6.07) is 17.6. The van der Waals surface area contributed by atoms with E-state index < -0.39 is 6.36 Å². The summed E-state index contributed by atoms with van der Waals surface area (Å²) in [5.41, 5.74) is 4.25. The van der Waals surface area contributed by atoms with E-state index in [1.54, 1.807) is 12.1 Å². The highest BCUT2D eigenvalue weighted by atomic mass is 32.2. The molecule has 4 aromatic rings. The summed E-state index contributed by atoms with van der Waals surface area (Å²) in [6.45, 7) is 6.73. The normalized spacial score (nSPS) is 15.2. The number of nitrogens with zero attached hydrogens (tertiary/aromatic N) is 5. The Labute approximate surface area is 275 Å². The van der Waals surface area contributed by atoms with Crippen LogP contribution in [0.3, 0.4) is 0 Å². The highest BCUT2D eigenvalue weighted by molar-refractivity contribution is 8.14. The van der Waals surface area contributed by atoms with Crippen LogP contribution in [0.25, 0.3) is 17.1 Å². The molecule has 1 N–H and O–H groups in total. The maximum absolute atomic E-state index is 14.0. The number of aliphatic imine (C=N–C) groups is 1. The van der Waals surface area contributed by atoms with Gasteiger partial charge in [0.05, 0.1) is 5.69 Å². The fourth-order valence-corrected chi connectivity index (χ4v) is 6.21. The number of carbonyl (C=O) groups is 1. The summed E-state index contributed by atoms with van der Waals surface area (Å²) >= 11 is 1.54. The molecule has 1 aliphatic heterocycles. The molecular formula is C34H36F4N6O2S. The van der Waals surface area contributed by atoms with Crippen molar-refractivity contribution in [3.8, 4) is 22.8 Å². The van der Waals surface area contributed by atoms with Crippen LogP contribution in [0, 0.1) is 5.82 Å². The van der Waals surface area contributed by atoms with Crippen LogP contribution >= 0.6 is 11.8 Å². The third kappa shape index (κ3) is 9.34. The van der Waals surface area contributed by atoms with Crippen LogP contribution in [0.1, 0.15) is 57.1 Å². The van der Waals surface area contributed by atoms with Gasteiger partial charge in [0.1, 0.15) is 17.9 Å². The van der Waals surface area contributed by atoms with E-state index in [1.165, 1.54) is 53.1 Å². The molecule has 5 rings (SSSR count). The summed E-state index contributed by atoms with van der Waals surface area (Å²) in [4.78, 5) is 23.6. The molecule has 47 heavy (non-hydrogen) atoms. The number of alkyl halides is 3. The quantitative estimate of drug-likeness (QED) is 0.171. The first kappa shape index (κ1) is 34.0. The average molecular weight is 669 g/mol. The predicted octanol–water partition coefficient (Wildman–Crippen LogP) is 8.52. The third-order valence-electron chi connectivity index (χ3n) is 7.60. The van der Waals surface area contributed by atoms with E-state index in [0.717, 1.165) is 60.4 Å². The number of aryl methyl sites for hydroxylation is 1. The zero-order valence-corrected chi connectivity index (χ0v) is 27.1. The average Bonchev–Trinajstić information content (AvgIpc) is 3.52. The number of benzene rings is 3. The lowest BCUT2D eigenvalue weighted by molar-refractivity contribution is -0.274. The zero-order valence-electron chi connectivity index (χ0n) is 26.3. The number of rotatable bonds is 10. The number of amidine groups is 1. The molecule has 8 nitrogen and oxygen atoms in total. The molecule has 0 spiro atoms. The van der Waals surface area contributed by atoms with Crippen LogP contribution < -0.4 is 15.0 Å². The summed E-state index contributed by atoms with van der Waals surface area (Å²) in [6.07, 6.45) is 0.129. The lowest BCUT2D eigenvalue weighted by Crippen LogP contribution is -2.37. The number of halogens is 4. The zero-order chi connectivity index (χ0) is 33.6. The number of urea groups is 1. The molecule has 0 bridgehead atoms. The van der Waals surface area contributed by atoms with Crippen molar-refractivity contribution in [3.63, 3.8) is 0 Å². The lowest BCUT2D eigenvalue weighted by atomic mass is 10.00. The van der Waals surface area contributed by atoms with Gasteiger partial charge in [-0.3, -0.25) is 0 Å². The second-order valence-electron chi connectivity index (χ2n) is 11.6. The Balaban J connectivity index is 1.11. The van der Waals surface area contributed by atoms with E-state index in [1.807, 2.05) is 49.9 Å². The molecule has 1 atom stereocenters. The molecule has 0 radical (unpaired) electrons. The molecule has 1 fully saturated rings. The Bertz CT molecular complexity index is 1690. The molecule has 0 aliphatic carbocycles. The van der Waals surface area contributed by atoms with Gasteiger partial charge in [-0.1, -0.05) is 49.9 Å². The number of aromatic nitrogens is 3. The minimum Gasteiger partial charge on any atom is -0.406 e. The number of ether oxygens (including phenoxy) is 1. The molecule has 13 heteroatoms. The van der Waals surface area contributed by atoms with Crippen molar-refractivity contribution < 1.29 is 27.1 Å². The molecule has 2 heterocycles. The number of hydrogen-bond acceptors (Lipinski definition) is 5. The summed E-state index contributed by atoms with van der Waals surface area (Å²) in [7, 11) is 0. The molecule has 248 valence electrons. The molecule has 1 saturated heterocycles. The van der Waals surface area contributed by atoms with E-state index in [4.69, 9.17) is 0 Å². The predicted molar refractivity (Wildman–Crippen MR) is 177 cm³/mol. The van der Waals surface area contributed by atoms with Crippen LogP contribution in [-0.4, -0.2) is 50.7 Å². The van der Waals surface area contributed by atoms with E-state index in [-0.39, 0.29) is 29.6 Å². The van der Waals surface area contributed by atoms with Gasteiger partial charge < -0.3 is 15.0 Å². The monoisotopic (exact) mass is 668 g/mol. The highest BCUT2D eigenvalue weighted by Gasteiger charge is 2.31.